The van der Waals surface area contributed by atoms with Gasteiger partial charge in [-0.1, -0.05) is 48.5 Å². The number of nitrogens with zero attached hydrogens (tertiary/aromatic N) is 1. The molecule has 0 spiro atoms. The largest absolute Gasteiger partial charge is 0.465 e. The molecule has 0 fully saturated rings. The third-order valence-electron chi connectivity index (χ3n) is 5.44. The van der Waals surface area contributed by atoms with Crippen LogP contribution >= 0.6 is 0 Å². The molecule has 0 bridgehead atoms. The lowest BCUT2D eigenvalue weighted by molar-refractivity contribution is 0.0599. The van der Waals surface area contributed by atoms with Gasteiger partial charge in [0.25, 0.3) is 5.91 Å². The highest BCUT2D eigenvalue weighted by atomic mass is 16.5. The van der Waals surface area contributed by atoms with Gasteiger partial charge in [0.2, 0.25) is 0 Å². The Kier molecular flexibility index (Phi) is 6.36. The second kappa shape index (κ2) is 9.54. The molecule has 1 heterocycles. The van der Waals surface area contributed by atoms with Gasteiger partial charge in [-0.05, 0) is 36.8 Å². The smallest absolute Gasteiger partial charge is 0.337 e. The number of anilines is 1. The van der Waals surface area contributed by atoms with Crippen LogP contribution in [-0.2, 0) is 9.47 Å². The van der Waals surface area contributed by atoms with Crippen molar-refractivity contribution in [3.05, 3.63) is 95.1 Å². The van der Waals surface area contributed by atoms with E-state index in [4.69, 9.17) is 14.5 Å². The minimum Gasteiger partial charge on any atom is -0.465 e. The number of rotatable bonds is 5. The molecule has 0 aliphatic carbocycles. The maximum atomic E-state index is 13.6. The molecule has 0 aliphatic heterocycles. The number of esters is 2. The third kappa shape index (κ3) is 4.36. The second-order valence-electron chi connectivity index (χ2n) is 7.58. The molecule has 1 aromatic heterocycles. The summed E-state index contributed by atoms with van der Waals surface area (Å²) in [4.78, 5) is 42.6. The fourth-order valence-corrected chi connectivity index (χ4v) is 3.84. The molecule has 3 aromatic carbocycles. The molecule has 1 amide bonds. The van der Waals surface area contributed by atoms with E-state index in [1.807, 2.05) is 61.5 Å². The van der Waals surface area contributed by atoms with Crippen molar-refractivity contribution in [1.29, 1.82) is 0 Å². The number of para-hydroxylation sites is 1. The lowest BCUT2D eigenvalue weighted by Crippen LogP contribution is -2.16. The van der Waals surface area contributed by atoms with Gasteiger partial charge in [-0.15, -0.1) is 0 Å². The molecule has 0 unspecified atom stereocenters. The number of hydrogen-bond acceptors (Lipinski definition) is 6. The lowest BCUT2D eigenvalue weighted by Gasteiger charge is -2.15. The average molecular weight is 454 g/mol. The van der Waals surface area contributed by atoms with Crippen LogP contribution in [0.1, 0.15) is 36.6 Å². The molecular formula is C27H22N2O5. The Morgan fingerprint density at radius 1 is 0.794 bits per heavy atom. The summed E-state index contributed by atoms with van der Waals surface area (Å²) in [6.07, 6.45) is 0. The molecule has 0 radical (unpaired) electrons. The molecule has 4 rings (SSSR count). The fourth-order valence-electron chi connectivity index (χ4n) is 3.84. The van der Waals surface area contributed by atoms with Crippen LogP contribution in [0.25, 0.3) is 22.2 Å². The van der Waals surface area contributed by atoms with Crippen LogP contribution in [0.15, 0.2) is 72.8 Å². The maximum Gasteiger partial charge on any atom is 0.337 e. The monoisotopic (exact) mass is 454 g/mol. The van der Waals surface area contributed by atoms with E-state index in [2.05, 4.69) is 5.32 Å². The Bertz CT molecular complexity index is 1380. The zero-order valence-electron chi connectivity index (χ0n) is 18.9. The third-order valence-corrected chi connectivity index (χ3v) is 5.44. The van der Waals surface area contributed by atoms with Crippen LogP contribution in [0.5, 0.6) is 0 Å². The predicted octanol–water partition coefficient (Wildman–Crippen LogP) is 5.04. The van der Waals surface area contributed by atoms with E-state index in [1.54, 1.807) is 0 Å². The zero-order valence-corrected chi connectivity index (χ0v) is 18.9. The predicted molar refractivity (Wildman–Crippen MR) is 129 cm³/mol. The summed E-state index contributed by atoms with van der Waals surface area (Å²) in [5.41, 5.74) is 3.91. The standard InChI is InChI=1S/C27H22N2O5/c1-16-23(21-11-7-8-12-22(21)29-24(16)17-9-5-4-6-10-17)25(30)28-20-14-18(26(31)33-2)13-19(15-20)27(32)34-3/h4-15H,1-3H3,(H,28,30). The van der Waals surface area contributed by atoms with Gasteiger partial charge in [0, 0.05) is 16.6 Å². The van der Waals surface area contributed by atoms with Crippen LogP contribution in [0.2, 0.25) is 0 Å². The fraction of sp³-hybridized carbons (Fsp3) is 0.111. The normalized spacial score (nSPS) is 10.6. The van der Waals surface area contributed by atoms with E-state index in [-0.39, 0.29) is 16.8 Å². The minimum atomic E-state index is -0.641. The molecule has 170 valence electrons. The van der Waals surface area contributed by atoms with Crippen LogP contribution < -0.4 is 5.32 Å². The van der Waals surface area contributed by atoms with E-state index < -0.39 is 17.8 Å². The van der Waals surface area contributed by atoms with E-state index >= 15 is 0 Å². The van der Waals surface area contributed by atoms with Gasteiger partial charge in [0.05, 0.1) is 42.1 Å². The molecule has 34 heavy (non-hydrogen) atoms. The van der Waals surface area contributed by atoms with Crippen molar-refractivity contribution in [3.8, 4) is 11.3 Å². The van der Waals surface area contributed by atoms with Crippen molar-refractivity contribution in [2.45, 2.75) is 6.92 Å². The number of hydrogen-bond donors (Lipinski definition) is 1. The highest BCUT2D eigenvalue weighted by Crippen LogP contribution is 2.30. The number of carbonyl (C=O) groups excluding carboxylic acids is 3. The van der Waals surface area contributed by atoms with Crippen LogP contribution in [0, 0.1) is 6.92 Å². The Hall–Kier alpha value is -4.52. The van der Waals surface area contributed by atoms with Gasteiger partial charge in [-0.25, -0.2) is 14.6 Å². The van der Waals surface area contributed by atoms with Gasteiger partial charge >= 0.3 is 11.9 Å². The number of ether oxygens (including phenoxy) is 2. The summed E-state index contributed by atoms with van der Waals surface area (Å²) in [5.74, 6) is -1.68. The number of pyridine rings is 1. The number of methoxy groups -OCH3 is 2. The Morgan fingerprint density at radius 2 is 1.38 bits per heavy atom. The molecule has 0 saturated carbocycles. The first kappa shape index (κ1) is 22.7. The molecule has 0 aliphatic rings. The first-order valence-corrected chi connectivity index (χ1v) is 10.5. The summed E-state index contributed by atoms with van der Waals surface area (Å²) in [6.45, 7) is 1.85. The summed E-state index contributed by atoms with van der Waals surface area (Å²) in [6, 6.07) is 21.3. The maximum absolute atomic E-state index is 13.6. The number of aromatic nitrogens is 1. The van der Waals surface area contributed by atoms with Gasteiger partial charge in [-0.3, -0.25) is 4.79 Å². The highest BCUT2D eigenvalue weighted by molar-refractivity contribution is 6.15. The van der Waals surface area contributed by atoms with Crippen LogP contribution in [-0.4, -0.2) is 37.0 Å². The van der Waals surface area contributed by atoms with Gasteiger partial charge < -0.3 is 14.8 Å². The van der Waals surface area contributed by atoms with E-state index in [9.17, 15) is 14.4 Å². The minimum absolute atomic E-state index is 0.113. The number of benzene rings is 3. The highest BCUT2D eigenvalue weighted by Gasteiger charge is 2.20. The van der Waals surface area contributed by atoms with Gasteiger partial charge in [0.1, 0.15) is 0 Å². The first-order valence-electron chi connectivity index (χ1n) is 10.5. The molecule has 7 nitrogen and oxygen atoms in total. The van der Waals surface area contributed by atoms with Gasteiger partial charge in [0.15, 0.2) is 0 Å². The average Bonchev–Trinajstić information content (AvgIpc) is 2.87. The van der Waals surface area contributed by atoms with E-state index in [0.717, 1.165) is 5.56 Å². The zero-order chi connectivity index (χ0) is 24.2. The molecule has 7 heteroatoms. The Morgan fingerprint density at radius 3 is 2.00 bits per heavy atom. The molecule has 0 atom stereocenters. The van der Waals surface area contributed by atoms with Crippen molar-refractivity contribution >= 4 is 34.4 Å². The quantitative estimate of drug-likeness (QED) is 0.425. The summed E-state index contributed by atoms with van der Waals surface area (Å²) in [7, 11) is 2.48. The van der Waals surface area contributed by atoms with Gasteiger partial charge in [-0.2, -0.15) is 0 Å². The molecule has 4 aromatic rings. The molecule has 1 N–H and O–H groups in total. The number of amides is 1. The van der Waals surface area contributed by atoms with Crippen LogP contribution in [0.4, 0.5) is 5.69 Å². The lowest BCUT2D eigenvalue weighted by atomic mass is 9.97. The van der Waals surface area contributed by atoms with Crippen molar-refractivity contribution in [3.63, 3.8) is 0 Å². The van der Waals surface area contributed by atoms with E-state index in [1.165, 1.54) is 32.4 Å². The number of nitrogens with one attached hydrogen (secondary N) is 1. The Balaban J connectivity index is 1.83. The van der Waals surface area contributed by atoms with Crippen LogP contribution in [0.3, 0.4) is 0 Å². The summed E-state index contributed by atoms with van der Waals surface area (Å²) < 4.78 is 9.56. The number of fused-ring (bicyclic) bond motifs is 1. The topological polar surface area (TPSA) is 94.6 Å². The second-order valence-corrected chi connectivity index (χ2v) is 7.58. The van der Waals surface area contributed by atoms with Crippen molar-refractivity contribution in [1.82, 2.24) is 4.98 Å². The van der Waals surface area contributed by atoms with Crippen molar-refractivity contribution in [2.75, 3.05) is 19.5 Å². The van der Waals surface area contributed by atoms with Crippen molar-refractivity contribution < 1.29 is 23.9 Å². The summed E-state index contributed by atoms with van der Waals surface area (Å²) in [5, 5.41) is 3.52. The Labute approximate surface area is 196 Å². The molecule has 0 saturated heterocycles. The van der Waals surface area contributed by atoms with Crippen molar-refractivity contribution in [2.24, 2.45) is 0 Å². The number of carbonyl (C=O) groups is 3. The molecular weight excluding hydrogens is 432 g/mol. The summed E-state index contributed by atoms with van der Waals surface area (Å²) >= 11 is 0. The van der Waals surface area contributed by atoms with E-state index in [0.29, 0.717) is 27.7 Å². The first-order chi connectivity index (χ1) is 16.4. The SMILES string of the molecule is COC(=O)c1cc(NC(=O)c2c(C)c(-c3ccccc3)nc3ccccc23)cc(C(=O)OC)c1.